The van der Waals surface area contributed by atoms with E-state index in [-0.39, 0.29) is 0 Å². The summed E-state index contributed by atoms with van der Waals surface area (Å²) in [6, 6.07) is 0. The number of nitrogens with one attached hydrogen (secondary N) is 1. The molecule has 0 aliphatic carbocycles. The molecule has 0 saturated heterocycles. The van der Waals surface area contributed by atoms with Crippen LogP contribution in [0.25, 0.3) is 5.57 Å². The number of unbranched alkanes of at least 4 members (excludes halogenated alkanes) is 1. The Hall–Kier alpha value is -1.69. The van der Waals surface area contributed by atoms with E-state index in [9.17, 15) is 9.59 Å². The number of anilines is 1. The van der Waals surface area contributed by atoms with Crippen molar-refractivity contribution in [1.82, 2.24) is 4.98 Å². The van der Waals surface area contributed by atoms with Crippen molar-refractivity contribution < 1.29 is 14.3 Å². The van der Waals surface area contributed by atoms with Gasteiger partial charge >= 0.3 is 6.09 Å². The maximum Gasteiger partial charge on any atom is 0.413 e. The molecule has 0 spiro atoms. The zero-order valence-electron chi connectivity index (χ0n) is 12.1. The molecule has 5 nitrogen and oxygen atoms in total. The predicted octanol–water partition coefficient (Wildman–Crippen LogP) is 3.78. The zero-order valence-corrected chi connectivity index (χ0v) is 13.0. The number of carbonyl (C=O) groups is 1. The van der Waals surface area contributed by atoms with Crippen molar-refractivity contribution in [2.24, 2.45) is 0 Å². The van der Waals surface area contributed by atoms with E-state index in [1.165, 1.54) is 11.3 Å². The summed E-state index contributed by atoms with van der Waals surface area (Å²) in [5.41, 5.74) is 0.372. The lowest BCUT2D eigenvalue weighted by atomic mass is 10.2. The van der Waals surface area contributed by atoms with Crippen molar-refractivity contribution in [2.75, 3.05) is 5.32 Å². The molecule has 0 fully saturated rings. The molecule has 0 bridgehead atoms. The van der Waals surface area contributed by atoms with Gasteiger partial charge in [-0.1, -0.05) is 19.4 Å². The number of nitrogens with zero attached hydrogens (tertiary/aromatic N) is 1. The first-order valence-corrected chi connectivity index (χ1v) is 7.28. The van der Waals surface area contributed by atoms with Crippen molar-refractivity contribution in [2.45, 2.75) is 46.1 Å². The lowest BCUT2D eigenvalue weighted by Crippen LogP contribution is -2.27. The maximum absolute atomic E-state index is 11.6. The number of thiazole rings is 1. The second-order valence-corrected chi connectivity index (χ2v) is 6.03. The first-order chi connectivity index (χ1) is 9.35. The molecule has 1 heterocycles. The molecular formula is C14H19N2O3S. The Bertz CT molecular complexity index is 501. The summed E-state index contributed by atoms with van der Waals surface area (Å²) in [5.74, 6) is 0. The van der Waals surface area contributed by atoms with Crippen LogP contribution in [-0.4, -0.2) is 23.0 Å². The van der Waals surface area contributed by atoms with Crippen LogP contribution in [-0.2, 0) is 9.53 Å². The van der Waals surface area contributed by atoms with E-state index in [4.69, 9.17) is 4.74 Å². The average molecular weight is 295 g/mol. The van der Waals surface area contributed by atoms with Gasteiger partial charge in [0, 0.05) is 11.0 Å². The fraction of sp³-hybridized carbons (Fsp3) is 0.500. The fourth-order valence-corrected chi connectivity index (χ4v) is 2.03. The second-order valence-electron chi connectivity index (χ2n) is 5.17. The third-order valence-electron chi connectivity index (χ3n) is 2.14. The van der Waals surface area contributed by atoms with Crippen LogP contribution in [0.1, 0.15) is 46.2 Å². The van der Waals surface area contributed by atoms with E-state index in [2.05, 4.69) is 10.3 Å². The average Bonchev–Trinajstić information content (AvgIpc) is 2.76. The van der Waals surface area contributed by atoms with Crippen molar-refractivity contribution in [3.05, 3.63) is 17.2 Å². The van der Waals surface area contributed by atoms with Gasteiger partial charge in [-0.2, -0.15) is 0 Å². The molecule has 0 atom stereocenters. The normalized spacial score (nSPS) is 12.1. The number of ether oxygens (including phenoxy) is 1. The van der Waals surface area contributed by atoms with E-state index in [1.807, 2.05) is 13.2 Å². The SMILES string of the molecule is CCC/C=C(\[C]=O)c1csc(NC(=O)OC(C)(C)C)n1. The summed E-state index contributed by atoms with van der Waals surface area (Å²) in [7, 11) is 0. The molecule has 6 heteroatoms. The van der Waals surface area contributed by atoms with Gasteiger partial charge in [-0.15, -0.1) is 11.3 Å². The van der Waals surface area contributed by atoms with E-state index < -0.39 is 11.7 Å². The van der Waals surface area contributed by atoms with Crippen LogP contribution in [0.4, 0.5) is 9.93 Å². The van der Waals surface area contributed by atoms with E-state index in [0.717, 1.165) is 12.8 Å². The van der Waals surface area contributed by atoms with Crippen LogP contribution in [0.5, 0.6) is 0 Å². The second kappa shape index (κ2) is 7.19. The lowest BCUT2D eigenvalue weighted by molar-refractivity contribution is 0.0636. The molecule has 1 aromatic rings. The highest BCUT2D eigenvalue weighted by Crippen LogP contribution is 2.21. The largest absolute Gasteiger partial charge is 0.444 e. The first kappa shape index (κ1) is 16.4. The van der Waals surface area contributed by atoms with Gasteiger partial charge in [-0.25, -0.2) is 9.78 Å². The molecule has 20 heavy (non-hydrogen) atoms. The summed E-state index contributed by atoms with van der Waals surface area (Å²) in [6.07, 6.45) is 4.83. The van der Waals surface area contributed by atoms with Gasteiger partial charge in [0.2, 0.25) is 6.29 Å². The van der Waals surface area contributed by atoms with Crippen LogP contribution in [0, 0.1) is 0 Å². The molecule has 0 aromatic carbocycles. The van der Waals surface area contributed by atoms with Crippen molar-refractivity contribution in [3.8, 4) is 0 Å². The molecule has 1 N–H and O–H groups in total. The van der Waals surface area contributed by atoms with E-state index in [1.54, 1.807) is 32.2 Å². The van der Waals surface area contributed by atoms with Gasteiger partial charge in [-0.3, -0.25) is 10.1 Å². The minimum absolute atomic E-state index is 0.395. The number of aromatic nitrogens is 1. The third kappa shape index (κ3) is 5.52. The molecule has 0 aliphatic rings. The van der Waals surface area contributed by atoms with Crippen molar-refractivity contribution >= 4 is 34.4 Å². The van der Waals surface area contributed by atoms with Crippen LogP contribution in [0.2, 0.25) is 0 Å². The van der Waals surface area contributed by atoms with Gasteiger partial charge in [-0.05, 0) is 27.2 Å². The molecule has 1 amide bonds. The predicted molar refractivity (Wildman–Crippen MR) is 80.5 cm³/mol. The zero-order chi connectivity index (χ0) is 15.2. The number of allylic oxidation sites excluding steroid dienone is 2. The van der Waals surface area contributed by atoms with Gasteiger partial charge in [0.05, 0.1) is 5.69 Å². The van der Waals surface area contributed by atoms with E-state index in [0.29, 0.717) is 16.4 Å². The van der Waals surface area contributed by atoms with Crippen LogP contribution < -0.4 is 5.32 Å². The molecule has 1 rings (SSSR count). The minimum Gasteiger partial charge on any atom is -0.444 e. The Balaban J connectivity index is 2.72. The molecule has 1 radical (unpaired) electrons. The summed E-state index contributed by atoms with van der Waals surface area (Å²) in [6.45, 7) is 7.38. The topological polar surface area (TPSA) is 68.3 Å². The van der Waals surface area contributed by atoms with Gasteiger partial charge < -0.3 is 4.74 Å². The molecule has 0 saturated carbocycles. The lowest BCUT2D eigenvalue weighted by Gasteiger charge is -2.18. The summed E-state index contributed by atoms with van der Waals surface area (Å²) >= 11 is 1.24. The van der Waals surface area contributed by atoms with E-state index >= 15 is 0 Å². The van der Waals surface area contributed by atoms with Gasteiger partial charge in [0.1, 0.15) is 5.60 Å². The summed E-state index contributed by atoms with van der Waals surface area (Å²) < 4.78 is 5.13. The molecule has 0 unspecified atom stereocenters. The fourth-order valence-electron chi connectivity index (χ4n) is 1.33. The maximum atomic E-state index is 11.6. The molecule has 1 aromatic heterocycles. The van der Waals surface area contributed by atoms with Crippen LogP contribution in [0.15, 0.2) is 11.5 Å². The summed E-state index contributed by atoms with van der Waals surface area (Å²) in [5, 5.41) is 4.65. The van der Waals surface area contributed by atoms with Gasteiger partial charge in [0.15, 0.2) is 5.13 Å². The minimum atomic E-state index is -0.563. The number of hydrogen-bond acceptors (Lipinski definition) is 5. The van der Waals surface area contributed by atoms with Gasteiger partial charge in [0.25, 0.3) is 0 Å². The Morgan fingerprint density at radius 1 is 1.55 bits per heavy atom. The smallest absolute Gasteiger partial charge is 0.413 e. The Morgan fingerprint density at radius 2 is 2.25 bits per heavy atom. The van der Waals surface area contributed by atoms with Crippen LogP contribution in [0.3, 0.4) is 0 Å². The number of carbonyl (C=O) groups excluding carboxylic acids is 2. The molecule has 109 valence electrons. The van der Waals surface area contributed by atoms with Crippen LogP contribution >= 0.6 is 11.3 Å². The number of amides is 1. The Morgan fingerprint density at radius 3 is 2.80 bits per heavy atom. The number of rotatable bonds is 5. The Labute approximate surface area is 123 Å². The quantitative estimate of drug-likeness (QED) is 0.839. The Kier molecular flexibility index (Phi) is 5.88. The van der Waals surface area contributed by atoms with Crippen molar-refractivity contribution in [1.29, 1.82) is 0 Å². The first-order valence-electron chi connectivity index (χ1n) is 6.40. The third-order valence-corrected chi connectivity index (χ3v) is 2.89. The standard InChI is InChI=1S/C14H19N2O3S/c1-5-6-7-10(8-17)11-9-20-12(15-11)16-13(18)19-14(2,3)4/h7,9H,5-6H2,1-4H3,(H,15,16,18)/b10-7+. The number of hydrogen-bond donors (Lipinski definition) is 1. The highest BCUT2D eigenvalue weighted by molar-refractivity contribution is 7.14. The summed E-state index contributed by atoms with van der Waals surface area (Å²) in [4.78, 5) is 26.7. The highest BCUT2D eigenvalue weighted by Gasteiger charge is 2.17. The highest BCUT2D eigenvalue weighted by atomic mass is 32.1. The monoisotopic (exact) mass is 295 g/mol. The molecular weight excluding hydrogens is 276 g/mol. The molecule has 0 aliphatic heterocycles. The van der Waals surface area contributed by atoms with Crippen molar-refractivity contribution in [3.63, 3.8) is 0 Å².